The lowest BCUT2D eigenvalue weighted by Gasteiger charge is -2.46. The van der Waals surface area contributed by atoms with Gasteiger partial charge in [0.05, 0.1) is 22.0 Å². The summed E-state index contributed by atoms with van der Waals surface area (Å²) in [5.74, 6) is -0.300. The summed E-state index contributed by atoms with van der Waals surface area (Å²) in [5, 5.41) is 4.31. The summed E-state index contributed by atoms with van der Waals surface area (Å²) < 4.78 is 12.0. The Morgan fingerprint density at radius 3 is 1.44 bits per heavy atom. The molecule has 7 rings (SSSR count). The SMILES string of the molecule is O=S1C2c3cc4ccccc4cc3C(c3cc4ccccc4cc32)C1(Cl)Cl. The maximum absolute atomic E-state index is 13.4. The summed E-state index contributed by atoms with van der Waals surface area (Å²) in [7, 11) is -1.42. The predicted octanol–water partition coefficient (Wildman–Crippen LogP) is 6.42. The fraction of sp³-hybridized carbons (Fsp3) is 0.130. The third-order valence-corrected chi connectivity index (χ3v) is 8.97. The Kier molecular flexibility index (Phi) is 3.19. The fourth-order valence-corrected chi connectivity index (χ4v) is 7.38. The lowest BCUT2D eigenvalue weighted by molar-refractivity contribution is 0.640. The van der Waals surface area contributed by atoms with E-state index in [0.29, 0.717) is 0 Å². The molecule has 2 bridgehead atoms. The lowest BCUT2D eigenvalue weighted by atomic mass is 9.76. The van der Waals surface area contributed by atoms with Crippen molar-refractivity contribution in [3.8, 4) is 0 Å². The Labute approximate surface area is 169 Å². The third kappa shape index (κ3) is 2.04. The number of halogens is 2. The molecule has 0 saturated heterocycles. The Hall–Kier alpha value is -1.87. The quantitative estimate of drug-likeness (QED) is 0.306. The number of alkyl halides is 2. The maximum Gasteiger partial charge on any atom is 0.203 e. The van der Waals surface area contributed by atoms with Crippen LogP contribution in [0.25, 0.3) is 21.5 Å². The molecular formula is C23H14Cl2OS. The van der Waals surface area contributed by atoms with Crippen molar-refractivity contribution in [2.45, 2.75) is 14.8 Å². The van der Waals surface area contributed by atoms with Crippen LogP contribution in [0.5, 0.6) is 0 Å². The van der Waals surface area contributed by atoms with Crippen LogP contribution in [0.4, 0.5) is 0 Å². The first kappa shape index (κ1) is 16.1. The highest BCUT2D eigenvalue weighted by molar-refractivity contribution is 7.90. The van der Waals surface area contributed by atoms with E-state index in [9.17, 15) is 4.21 Å². The van der Waals surface area contributed by atoms with Crippen molar-refractivity contribution >= 4 is 55.5 Å². The average Bonchev–Trinajstić information content (AvgIpc) is 2.67. The van der Waals surface area contributed by atoms with Crippen LogP contribution in [-0.2, 0) is 10.8 Å². The molecule has 0 saturated carbocycles. The van der Waals surface area contributed by atoms with Gasteiger partial charge in [-0.25, -0.2) is 0 Å². The highest BCUT2D eigenvalue weighted by atomic mass is 35.5. The second kappa shape index (κ2) is 5.35. The molecule has 27 heavy (non-hydrogen) atoms. The van der Waals surface area contributed by atoms with Gasteiger partial charge in [0.15, 0.2) is 0 Å². The highest BCUT2D eigenvalue weighted by Gasteiger charge is 2.57. The van der Waals surface area contributed by atoms with Crippen molar-refractivity contribution in [1.29, 1.82) is 0 Å². The van der Waals surface area contributed by atoms with Crippen LogP contribution < -0.4 is 0 Å². The molecule has 0 aromatic heterocycles. The Morgan fingerprint density at radius 1 is 0.667 bits per heavy atom. The molecule has 0 radical (unpaired) electrons. The van der Waals surface area contributed by atoms with Crippen molar-refractivity contribution in [2.24, 2.45) is 0 Å². The number of rotatable bonds is 0. The van der Waals surface area contributed by atoms with E-state index in [0.717, 1.165) is 43.8 Å². The minimum absolute atomic E-state index is 0.300. The van der Waals surface area contributed by atoms with Gasteiger partial charge in [-0.3, -0.25) is 4.21 Å². The number of hydrogen-bond donors (Lipinski definition) is 0. The lowest BCUT2D eigenvalue weighted by Crippen LogP contribution is -2.43. The summed E-state index contributed by atoms with van der Waals surface area (Å²) in [6.07, 6.45) is 0. The van der Waals surface area contributed by atoms with Crippen molar-refractivity contribution in [3.63, 3.8) is 0 Å². The van der Waals surface area contributed by atoms with E-state index in [4.69, 9.17) is 23.2 Å². The minimum atomic E-state index is -1.42. The van der Waals surface area contributed by atoms with Gasteiger partial charge in [0.2, 0.25) is 3.67 Å². The second-order valence-electron chi connectivity index (χ2n) is 7.33. The molecule has 0 amide bonds. The molecule has 4 aromatic rings. The average molecular weight is 409 g/mol. The van der Waals surface area contributed by atoms with E-state index >= 15 is 0 Å². The molecule has 4 aromatic carbocycles. The summed E-state index contributed by atoms with van der Waals surface area (Å²) in [6, 6.07) is 25.2. The summed E-state index contributed by atoms with van der Waals surface area (Å²) in [6.45, 7) is 0. The monoisotopic (exact) mass is 408 g/mol. The first-order valence-corrected chi connectivity index (χ1v) is 10.9. The van der Waals surface area contributed by atoms with E-state index < -0.39 is 14.5 Å². The van der Waals surface area contributed by atoms with Gasteiger partial charge in [-0.15, -0.1) is 0 Å². The van der Waals surface area contributed by atoms with E-state index in [2.05, 4.69) is 48.5 Å². The first-order valence-electron chi connectivity index (χ1n) is 8.89. The van der Waals surface area contributed by atoms with Gasteiger partial charge in [0.25, 0.3) is 0 Å². The molecular weight excluding hydrogens is 395 g/mol. The van der Waals surface area contributed by atoms with Crippen molar-refractivity contribution in [2.75, 3.05) is 0 Å². The van der Waals surface area contributed by atoms with Gasteiger partial charge in [0, 0.05) is 0 Å². The van der Waals surface area contributed by atoms with Gasteiger partial charge in [-0.1, -0.05) is 83.9 Å². The minimum Gasteiger partial charge on any atom is -0.255 e. The van der Waals surface area contributed by atoms with Gasteiger partial charge in [-0.2, -0.15) is 0 Å². The summed E-state index contributed by atoms with van der Waals surface area (Å²) >= 11 is 13.5. The topological polar surface area (TPSA) is 17.1 Å². The number of fused-ring (bicyclic) bond motifs is 3. The van der Waals surface area contributed by atoms with Crippen molar-refractivity contribution in [3.05, 3.63) is 95.1 Å². The molecule has 2 heterocycles. The molecule has 1 unspecified atom stereocenters. The molecule has 0 spiro atoms. The molecule has 1 nitrogen and oxygen atoms in total. The Morgan fingerprint density at radius 2 is 1.04 bits per heavy atom. The molecule has 2 aliphatic heterocycles. The molecule has 132 valence electrons. The maximum atomic E-state index is 13.4. The molecule has 1 aliphatic carbocycles. The van der Waals surface area contributed by atoms with Gasteiger partial charge in [0.1, 0.15) is 0 Å². The predicted molar refractivity (Wildman–Crippen MR) is 114 cm³/mol. The van der Waals surface area contributed by atoms with Gasteiger partial charge < -0.3 is 0 Å². The van der Waals surface area contributed by atoms with Crippen molar-refractivity contribution in [1.82, 2.24) is 0 Å². The third-order valence-electron chi connectivity index (χ3n) is 5.91. The highest BCUT2D eigenvalue weighted by Crippen LogP contribution is 2.62. The zero-order chi connectivity index (χ0) is 18.3. The number of benzene rings is 4. The van der Waals surface area contributed by atoms with Crippen LogP contribution in [0.1, 0.15) is 33.4 Å². The fourth-order valence-electron chi connectivity index (χ4n) is 4.71. The molecule has 0 fully saturated rings. The molecule has 4 heteroatoms. The van der Waals surface area contributed by atoms with Crippen LogP contribution in [0.3, 0.4) is 0 Å². The standard InChI is InChI=1S/C23H14Cl2OS/c24-23(25)21-17-9-13-5-1-3-7-15(13)11-19(17)22(27(23)26)20-12-16-8-4-2-6-14(16)10-18(20)21/h1-12,21-22H. The Bertz CT molecular complexity index is 1210. The normalized spacial score (nSPS) is 24.7. The zero-order valence-electron chi connectivity index (χ0n) is 14.2. The van der Waals surface area contributed by atoms with Crippen molar-refractivity contribution < 1.29 is 4.21 Å². The first-order chi connectivity index (χ1) is 13.1. The summed E-state index contributed by atoms with van der Waals surface area (Å²) in [4.78, 5) is 0. The van der Waals surface area contributed by atoms with E-state index in [1.165, 1.54) is 0 Å². The van der Waals surface area contributed by atoms with E-state index in [1.54, 1.807) is 0 Å². The summed E-state index contributed by atoms with van der Waals surface area (Å²) in [5.41, 5.74) is 4.39. The van der Waals surface area contributed by atoms with Crippen LogP contribution >= 0.6 is 23.2 Å². The van der Waals surface area contributed by atoms with Crippen LogP contribution in [-0.4, -0.2) is 7.87 Å². The molecule has 1 atom stereocenters. The largest absolute Gasteiger partial charge is 0.255 e. The smallest absolute Gasteiger partial charge is 0.203 e. The second-order valence-corrected chi connectivity index (χ2v) is 10.9. The number of hydrogen-bond acceptors (Lipinski definition) is 1. The van der Waals surface area contributed by atoms with E-state index in [-0.39, 0.29) is 11.2 Å². The molecule has 3 aliphatic rings. The van der Waals surface area contributed by atoms with Crippen LogP contribution in [0, 0.1) is 0 Å². The zero-order valence-corrected chi connectivity index (χ0v) is 16.5. The van der Waals surface area contributed by atoms with Gasteiger partial charge in [-0.05, 0) is 55.9 Å². The molecule has 0 N–H and O–H groups in total. The van der Waals surface area contributed by atoms with E-state index in [1.807, 2.05) is 24.3 Å². The van der Waals surface area contributed by atoms with Gasteiger partial charge >= 0.3 is 0 Å². The van der Waals surface area contributed by atoms with Crippen LogP contribution in [0.2, 0.25) is 0 Å². The van der Waals surface area contributed by atoms with Crippen LogP contribution in [0.15, 0.2) is 72.8 Å². The Balaban J connectivity index is 1.74.